The topological polar surface area (TPSA) is 12.5 Å². The Balaban J connectivity index is 1.94. The summed E-state index contributed by atoms with van der Waals surface area (Å²) in [5, 5.41) is 0. The van der Waals surface area contributed by atoms with Crippen LogP contribution in [0.4, 0.5) is 0 Å². The van der Waals surface area contributed by atoms with E-state index in [1.54, 1.807) is 0 Å². The molecule has 2 nitrogen and oxygen atoms in total. The smallest absolute Gasteiger partial charge is 0.123 e. The maximum absolute atomic E-state index is 6.11. The number of ether oxygens (including phenoxy) is 1. The molecule has 1 aliphatic heterocycles. The minimum absolute atomic E-state index is 0.126. The molecule has 2 rings (SSSR count). The van der Waals surface area contributed by atoms with Crippen molar-refractivity contribution in [2.45, 2.75) is 52.9 Å². The van der Waals surface area contributed by atoms with Crippen molar-refractivity contribution < 1.29 is 4.74 Å². The third kappa shape index (κ3) is 4.74. The van der Waals surface area contributed by atoms with Gasteiger partial charge in [0.05, 0.1) is 0 Å². The highest BCUT2D eigenvalue weighted by Gasteiger charge is 2.20. The highest BCUT2D eigenvalue weighted by molar-refractivity contribution is 5.41. The summed E-state index contributed by atoms with van der Waals surface area (Å²) < 4.78 is 6.11. The molecule has 2 heteroatoms. The summed E-state index contributed by atoms with van der Waals surface area (Å²) in [4.78, 5) is 2.54. The molecule has 0 N–H and O–H groups in total. The number of aryl methyl sites for hydroxylation is 1. The fourth-order valence-electron chi connectivity index (χ4n) is 3.13. The molecular weight excluding hydrogens is 258 g/mol. The third-order valence-electron chi connectivity index (χ3n) is 4.35. The van der Waals surface area contributed by atoms with Gasteiger partial charge in [-0.05, 0) is 49.3 Å². The zero-order valence-electron chi connectivity index (χ0n) is 14.4. The Morgan fingerprint density at radius 1 is 1.29 bits per heavy atom. The molecule has 1 aromatic carbocycles. The van der Waals surface area contributed by atoms with Crippen molar-refractivity contribution in [1.82, 2.24) is 4.90 Å². The normalized spacial score (nSPS) is 20.5. The van der Waals surface area contributed by atoms with Gasteiger partial charge in [-0.3, -0.25) is 4.90 Å². The summed E-state index contributed by atoms with van der Waals surface area (Å²) in [5.74, 6) is 1.89. The SMILES string of the molecule is Cc1ccc(OCCN2CCCC(C)C2)c(C(C)(C)C)c1. The van der Waals surface area contributed by atoms with E-state index in [4.69, 9.17) is 4.74 Å². The molecule has 1 atom stereocenters. The van der Waals surface area contributed by atoms with Crippen molar-refractivity contribution >= 4 is 0 Å². The number of hydrogen-bond donors (Lipinski definition) is 0. The number of benzene rings is 1. The van der Waals surface area contributed by atoms with Gasteiger partial charge in [-0.2, -0.15) is 0 Å². The Morgan fingerprint density at radius 3 is 2.71 bits per heavy atom. The summed E-state index contributed by atoms with van der Waals surface area (Å²) in [5.41, 5.74) is 2.74. The number of piperidine rings is 1. The summed E-state index contributed by atoms with van der Waals surface area (Å²) in [6, 6.07) is 6.54. The van der Waals surface area contributed by atoms with Crippen LogP contribution in [0.5, 0.6) is 5.75 Å². The van der Waals surface area contributed by atoms with Crippen molar-refractivity contribution in [3.8, 4) is 5.75 Å². The van der Waals surface area contributed by atoms with Crippen LogP contribution in [-0.4, -0.2) is 31.1 Å². The van der Waals surface area contributed by atoms with Gasteiger partial charge in [0, 0.05) is 13.1 Å². The summed E-state index contributed by atoms with van der Waals surface area (Å²) in [6.45, 7) is 15.5. The molecule has 0 saturated carbocycles. The summed E-state index contributed by atoms with van der Waals surface area (Å²) in [7, 11) is 0. The van der Waals surface area contributed by atoms with E-state index in [-0.39, 0.29) is 5.41 Å². The molecular formula is C19H31NO. The van der Waals surface area contributed by atoms with E-state index in [1.807, 2.05) is 0 Å². The van der Waals surface area contributed by atoms with E-state index in [0.717, 1.165) is 24.8 Å². The van der Waals surface area contributed by atoms with Gasteiger partial charge < -0.3 is 4.74 Å². The molecule has 0 aromatic heterocycles. The van der Waals surface area contributed by atoms with Crippen molar-refractivity contribution in [3.63, 3.8) is 0 Å². The lowest BCUT2D eigenvalue weighted by Gasteiger charge is -2.31. The van der Waals surface area contributed by atoms with Crippen molar-refractivity contribution in [1.29, 1.82) is 0 Å². The number of nitrogens with zero attached hydrogens (tertiary/aromatic N) is 1. The largest absolute Gasteiger partial charge is 0.492 e. The molecule has 1 fully saturated rings. The van der Waals surface area contributed by atoms with E-state index in [2.05, 4.69) is 57.7 Å². The number of rotatable bonds is 4. The van der Waals surface area contributed by atoms with Crippen molar-refractivity contribution in [3.05, 3.63) is 29.3 Å². The average molecular weight is 289 g/mol. The zero-order valence-corrected chi connectivity index (χ0v) is 14.4. The van der Waals surface area contributed by atoms with Crippen LogP contribution in [-0.2, 0) is 5.41 Å². The van der Waals surface area contributed by atoms with E-state index < -0.39 is 0 Å². The number of hydrogen-bond acceptors (Lipinski definition) is 2. The summed E-state index contributed by atoms with van der Waals surface area (Å²) in [6.07, 6.45) is 2.71. The number of likely N-dealkylation sites (tertiary alicyclic amines) is 1. The quantitative estimate of drug-likeness (QED) is 0.814. The molecule has 118 valence electrons. The standard InChI is InChI=1S/C19H31NO/c1-15-8-9-18(17(13-15)19(3,4)5)21-12-11-20-10-6-7-16(2)14-20/h8-9,13,16H,6-7,10-12,14H2,1-5H3. The Bertz CT molecular complexity index is 461. The van der Waals surface area contributed by atoms with Gasteiger partial charge in [-0.25, -0.2) is 0 Å². The lowest BCUT2D eigenvalue weighted by Crippen LogP contribution is -2.37. The Labute approximate surface area is 130 Å². The van der Waals surface area contributed by atoms with Gasteiger partial charge in [0.1, 0.15) is 12.4 Å². The Hall–Kier alpha value is -1.02. The monoisotopic (exact) mass is 289 g/mol. The van der Waals surface area contributed by atoms with Gasteiger partial charge >= 0.3 is 0 Å². The van der Waals surface area contributed by atoms with Gasteiger partial charge in [-0.1, -0.05) is 45.4 Å². The second-order valence-electron chi connectivity index (χ2n) is 7.65. The molecule has 0 aliphatic carbocycles. The van der Waals surface area contributed by atoms with Crippen LogP contribution in [0.2, 0.25) is 0 Å². The lowest BCUT2D eigenvalue weighted by molar-refractivity contribution is 0.153. The molecule has 0 amide bonds. The molecule has 0 bridgehead atoms. The van der Waals surface area contributed by atoms with E-state index in [1.165, 1.54) is 37.1 Å². The van der Waals surface area contributed by atoms with Crippen molar-refractivity contribution in [2.75, 3.05) is 26.2 Å². The highest BCUT2D eigenvalue weighted by Crippen LogP contribution is 2.32. The van der Waals surface area contributed by atoms with E-state index in [9.17, 15) is 0 Å². The second-order valence-corrected chi connectivity index (χ2v) is 7.65. The second kappa shape index (κ2) is 6.83. The third-order valence-corrected chi connectivity index (χ3v) is 4.35. The molecule has 0 spiro atoms. The van der Waals surface area contributed by atoms with Crippen LogP contribution in [0, 0.1) is 12.8 Å². The van der Waals surface area contributed by atoms with Crippen LogP contribution in [0.1, 0.15) is 51.7 Å². The average Bonchev–Trinajstić information content (AvgIpc) is 2.39. The summed E-state index contributed by atoms with van der Waals surface area (Å²) >= 11 is 0. The molecule has 1 heterocycles. The molecule has 0 radical (unpaired) electrons. The lowest BCUT2D eigenvalue weighted by atomic mass is 9.85. The van der Waals surface area contributed by atoms with E-state index >= 15 is 0 Å². The first-order valence-corrected chi connectivity index (χ1v) is 8.32. The first-order valence-electron chi connectivity index (χ1n) is 8.32. The first kappa shape index (κ1) is 16.4. The molecule has 1 unspecified atom stereocenters. The Kier molecular flexibility index (Phi) is 5.32. The zero-order chi connectivity index (χ0) is 15.5. The van der Waals surface area contributed by atoms with Crippen LogP contribution in [0.25, 0.3) is 0 Å². The van der Waals surface area contributed by atoms with Crippen LogP contribution < -0.4 is 4.74 Å². The minimum Gasteiger partial charge on any atom is -0.492 e. The van der Waals surface area contributed by atoms with Gasteiger partial charge in [0.25, 0.3) is 0 Å². The fraction of sp³-hybridized carbons (Fsp3) is 0.684. The molecule has 21 heavy (non-hydrogen) atoms. The maximum Gasteiger partial charge on any atom is 0.123 e. The fourth-order valence-corrected chi connectivity index (χ4v) is 3.13. The predicted molar refractivity (Wildman–Crippen MR) is 90.2 cm³/mol. The molecule has 1 aromatic rings. The van der Waals surface area contributed by atoms with Crippen LogP contribution >= 0.6 is 0 Å². The van der Waals surface area contributed by atoms with Gasteiger partial charge in [0.15, 0.2) is 0 Å². The predicted octanol–water partition coefficient (Wildman–Crippen LogP) is 4.40. The van der Waals surface area contributed by atoms with Gasteiger partial charge in [0.2, 0.25) is 0 Å². The molecule has 1 aliphatic rings. The van der Waals surface area contributed by atoms with Crippen LogP contribution in [0.3, 0.4) is 0 Å². The minimum atomic E-state index is 0.126. The first-order chi connectivity index (χ1) is 9.86. The van der Waals surface area contributed by atoms with Gasteiger partial charge in [-0.15, -0.1) is 0 Å². The highest BCUT2D eigenvalue weighted by atomic mass is 16.5. The van der Waals surface area contributed by atoms with E-state index in [0.29, 0.717) is 0 Å². The Morgan fingerprint density at radius 2 is 2.05 bits per heavy atom. The van der Waals surface area contributed by atoms with Crippen LogP contribution in [0.15, 0.2) is 18.2 Å². The van der Waals surface area contributed by atoms with Crippen molar-refractivity contribution in [2.24, 2.45) is 5.92 Å². The molecule has 1 saturated heterocycles. The maximum atomic E-state index is 6.11.